The Morgan fingerprint density at radius 1 is 1.50 bits per heavy atom. The third-order valence-corrected chi connectivity index (χ3v) is 3.12. The van der Waals surface area contributed by atoms with Crippen molar-refractivity contribution < 1.29 is 9.53 Å². The minimum Gasteiger partial charge on any atom is -0.444 e. The molecule has 5 nitrogen and oxygen atoms in total. The van der Waals surface area contributed by atoms with Gasteiger partial charge in [-0.05, 0) is 56.9 Å². The fourth-order valence-electron chi connectivity index (χ4n) is 2.37. The van der Waals surface area contributed by atoms with E-state index in [0.29, 0.717) is 0 Å². The van der Waals surface area contributed by atoms with Crippen molar-refractivity contribution in [3.8, 4) is 0 Å². The van der Waals surface area contributed by atoms with Gasteiger partial charge in [0.2, 0.25) is 0 Å². The van der Waals surface area contributed by atoms with Gasteiger partial charge in [-0.3, -0.25) is 0 Å². The normalized spacial score (nSPS) is 18.1. The van der Waals surface area contributed by atoms with Crippen molar-refractivity contribution in [2.75, 3.05) is 0 Å². The summed E-state index contributed by atoms with van der Waals surface area (Å²) in [5.74, 6) is 0. The number of nitrogens with zero attached hydrogens (tertiary/aromatic N) is 1. The molecule has 108 valence electrons. The minimum atomic E-state index is -0.481. The highest BCUT2D eigenvalue weighted by molar-refractivity contribution is 5.69. The summed E-state index contributed by atoms with van der Waals surface area (Å²) in [6, 6.07) is 5.91. The first-order valence-electron chi connectivity index (χ1n) is 6.75. The number of ether oxygens (including phenoxy) is 1. The summed E-state index contributed by atoms with van der Waals surface area (Å²) < 4.78 is 5.29. The topological polar surface area (TPSA) is 76.7 Å². The predicted molar refractivity (Wildman–Crippen MR) is 79.2 cm³/mol. The van der Waals surface area contributed by atoms with Crippen LogP contribution in [0.4, 0.5) is 10.5 Å². The van der Waals surface area contributed by atoms with Gasteiger partial charge in [-0.15, -0.1) is 0 Å². The number of carbonyl (C=O) groups is 1. The first-order chi connectivity index (χ1) is 9.39. The molecule has 0 radical (unpaired) electrons. The number of aliphatic imine (C=N–C) groups is 1. The molecule has 1 atom stereocenters. The highest BCUT2D eigenvalue weighted by Crippen LogP contribution is 2.33. The molecule has 0 saturated heterocycles. The molecule has 1 aliphatic carbocycles. The summed E-state index contributed by atoms with van der Waals surface area (Å²) in [5, 5.41) is 2.92. The smallest absolute Gasteiger partial charge is 0.408 e. The van der Waals surface area contributed by atoms with Gasteiger partial charge >= 0.3 is 6.09 Å². The van der Waals surface area contributed by atoms with Crippen molar-refractivity contribution >= 4 is 18.1 Å². The van der Waals surface area contributed by atoms with E-state index in [9.17, 15) is 4.79 Å². The average Bonchev–Trinajstić information content (AvgIpc) is 2.70. The fourth-order valence-corrected chi connectivity index (χ4v) is 2.37. The molecule has 0 aromatic heterocycles. The second-order valence-electron chi connectivity index (χ2n) is 5.90. The van der Waals surface area contributed by atoms with Gasteiger partial charge in [-0.1, -0.05) is 6.07 Å². The van der Waals surface area contributed by atoms with E-state index in [1.54, 1.807) is 0 Å². The van der Waals surface area contributed by atoms with E-state index in [4.69, 9.17) is 10.5 Å². The molecule has 3 N–H and O–H groups in total. The maximum Gasteiger partial charge on any atom is 0.408 e. The maximum absolute atomic E-state index is 11.8. The van der Waals surface area contributed by atoms with Crippen LogP contribution in [0.3, 0.4) is 0 Å². The van der Waals surface area contributed by atoms with Gasteiger partial charge < -0.3 is 15.8 Å². The SMILES string of the molecule is CC(C)(C)OC(=O)NC1CCc2cc(N=CN)ccc21. The molecule has 1 aromatic rings. The molecule has 0 spiro atoms. The Bertz CT molecular complexity index is 532. The Balaban J connectivity index is 2.07. The van der Waals surface area contributed by atoms with Crippen LogP contribution < -0.4 is 11.1 Å². The highest BCUT2D eigenvalue weighted by Gasteiger charge is 2.26. The first kappa shape index (κ1) is 14.4. The molecule has 0 bridgehead atoms. The molecule has 2 rings (SSSR count). The monoisotopic (exact) mass is 275 g/mol. The Hall–Kier alpha value is -2.04. The van der Waals surface area contributed by atoms with E-state index in [2.05, 4.69) is 10.3 Å². The van der Waals surface area contributed by atoms with Crippen LogP contribution >= 0.6 is 0 Å². The van der Waals surface area contributed by atoms with Crippen LogP contribution in [0.1, 0.15) is 44.4 Å². The van der Waals surface area contributed by atoms with Crippen molar-refractivity contribution in [3.05, 3.63) is 29.3 Å². The van der Waals surface area contributed by atoms with E-state index in [1.807, 2.05) is 39.0 Å². The largest absolute Gasteiger partial charge is 0.444 e. The third kappa shape index (κ3) is 3.50. The number of hydrogen-bond acceptors (Lipinski definition) is 3. The molecule has 0 aliphatic heterocycles. The van der Waals surface area contributed by atoms with Crippen molar-refractivity contribution in [2.24, 2.45) is 10.7 Å². The molecule has 0 heterocycles. The van der Waals surface area contributed by atoms with Gasteiger partial charge in [0.05, 0.1) is 18.1 Å². The van der Waals surface area contributed by atoms with Crippen LogP contribution in [0.2, 0.25) is 0 Å². The average molecular weight is 275 g/mol. The number of nitrogens with one attached hydrogen (secondary N) is 1. The lowest BCUT2D eigenvalue weighted by molar-refractivity contribution is 0.0504. The molecule has 1 aromatic carbocycles. The van der Waals surface area contributed by atoms with E-state index in [-0.39, 0.29) is 12.1 Å². The number of hydrogen-bond donors (Lipinski definition) is 2. The minimum absolute atomic E-state index is 0.00996. The van der Waals surface area contributed by atoms with Gasteiger partial charge in [0, 0.05) is 0 Å². The zero-order valence-electron chi connectivity index (χ0n) is 12.1. The molecule has 20 heavy (non-hydrogen) atoms. The third-order valence-electron chi connectivity index (χ3n) is 3.12. The number of benzene rings is 1. The predicted octanol–water partition coefficient (Wildman–Crippen LogP) is 2.82. The molecule has 5 heteroatoms. The van der Waals surface area contributed by atoms with Gasteiger partial charge in [-0.25, -0.2) is 9.79 Å². The van der Waals surface area contributed by atoms with E-state index >= 15 is 0 Å². The number of aryl methyl sites for hydroxylation is 1. The lowest BCUT2D eigenvalue weighted by atomic mass is 10.1. The summed E-state index contributed by atoms with van der Waals surface area (Å²) in [7, 11) is 0. The van der Waals surface area contributed by atoms with E-state index in [1.165, 1.54) is 11.9 Å². The number of nitrogens with two attached hydrogens (primary N) is 1. The summed E-state index contributed by atoms with van der Waals surface area (Å²) in [6.45, 7) is 5.56. The molecular formula is C15H21N3O2. The number of carbonyl (C=O) groups excluding carboxylic acids is 1. The Labute approximate surface area is 119 Å². The van der Waals surface area contributed by atoms with Crippen LogP contribution in [-0.2, 0) is 11.2 Å². The van der Waals surface area contributed by atoms with Crippen LogP contribution in [0.5, 0.6) is 0 Å². The highest BCUT2D eigenvalue weighted by atomic mass is 16.6. The second-order valence-corrected chi connectivity index (χ2v) is 5.90. The van der Waals surface area contributed by atoms with Crippen molar-refractivity contribution in [3.63, 3.8) is 0 Å². The fraction of sp³-hybridized carbons (Fsp3) is 0.467. The van der Waals surface area contributed by atoms with Gasteiger partial charge in [0.1, 0.15) is 5.60 Å². The Morgan fingerprint density at radius 2 is 2.25 bits per heavy atom. The summed E-state index contributed by atoms with van der Waals surface area (Å²) in [5.41, 5.74) is 7.98. The molecule has 1 aliphatic rings. The van der Waals surface area contributed by atoms with Crippen LogP contribution in [0, 0.1) is 0 Å². The molecule has 0 saturated carbocycles. The Morgan fingerprint density at radius 3 is 2.90 bits per heavy atom. The van der Waals surface area contributed by atoms with Gasteiger partial charge in [0.25, 0.3) is 0 Å². The standard InChI is InChI=1S/C15H21N3O2/c1-15(2,3)20-14(19)18-13-7-4-10-8-11(17-9-16)5-6-12(10)13/h5-6,8-9,13H,4,7H2,1-3H3,(H2,16,17)(H,18,19). The molecule has 1 unspecified atom stereocenters. The van der Waals surface area contributed by atoms with Crippen LogP contribution in [-0.4, -0.2) is 18.0 Å². The first-order valence-corrected chi connectivity index (χ1v) is 6.75. The lowest BCUT2D eigenvalue weighted by Crippen LogP contribution is -2.34. The van der Waals surface area contributed by atoms with E-state index in [0.717, 1.165) is 24.1 Å². The van der Waals surface area contributed by atoms with E-state index < -0.39 is 5.60 Å². The zero-order chi connectivity index (χ0) is 14.8. The summed E-state index contributed by atoms with van der Waals surface area (Å²) >= 11 is 0. The van der Waals surface area contributed by atoms with Crippen LogP contribution in [0.25, 0.3) is 0 Å². The lowest BCUT2D eigenvalue weighted by Gasteiger charge is -2.22. The number of amides is 1. The molecule has 1 amide bonds. The van der Waals surface area contributed by atoms with Crippen molar-refractivity contribution in [2.45, 2.75) is 45.3 Å². The quantitative estimate of drug-likeness (QED) is 0.643. The van der Waals surface area contributed by atoms with Crippen molar-refractivity contribution in [1.82, 2.24) is 5.32 Å². The van der Waals surface area contributed by atoms with Gasteiger partial charge in [-0.2, -0.15) is 0 Å². The maximum atomic E-state index is 11.8. The Kier molecular flexibility index (Phi) is 3.97. The number of alkyl carbamates (subject to hydrolysis) is 1. The van der Waals surface area contributed by atoms with Gasteiger partial charge in [0.15, 0.2) is 0 Å². The number of fused-ring (bicyclic) bond motifs is 1. The number of rotatable bonds is 2. The summed E-state index contributed by atoms with van der Waals surface area (Å²) in [6.07, 6.45) is 2.71. The summed E-state index contributed by atoms with van der Waals surface area (Å²) in [4.78, 5) is 15.9. The molecule has 0 fully saturated rings. The van der Waals surface area contributed by atoms with Crippen LogP contribution in [0.15, 0.2) is 23.2 Å². The zero-order valence-corrected chi connectivity index (χ0v) is 12.1. The van der Waals surface area contributed by atoms with Crippen molar-refractivity contribution in [1.29, 1.82) is 0 Å². The molecular weight excluding hydrogens is 254 g/mol. The second kappa shape index (κ2) is 5.53.